The molecule has 0 heterocycles. The van der Waals surface area contributed by atoms with Gasteiger partial charge in [0.15, 0.2) is 11.6 Å². The first-order valence-corrected chi connectivity index (χ1v) is 7.11. The third-order valence-corrected chi connectivity index (χ3v) is 5.09. The topological polar surface area (TPSA) is 9.23 Å². The van der Waals surface area contributed by atoms with Gasteiger partial charge in [0.2, 0.25) is 0 Å². The summed E-state index contributed by atoms with van der Waals surface area (Å²) in [5, 5.41) is 0.414. The molecule has 0 aliphatic heterocycles. The van der Waals surface area contributed by atoms with Crippen molar-refractivity contribution in [2.24, 2.45) is 5.41 Å². The molecule has 1 aliphatic rings. The van der Waals surface area contributed by atoms with Crippen molar-refractivity contribution in [3.63, 3.8) is 0 Å². The second-order valence-corrected chi connectivity index (χ2v) is 5.73. The predicted molar refractivity (Wildman–Crippen MR) is 73.1 cm³/mol. The molecule has 0 radical (unpaired) electrons. The molecule has 1 aromatic rings. The molecule has 100 valence electrons. The van der Waals surface area contributed by atoms with Crippen molar-refractivity contribution in [1.29, 1.82) is 0 Å². The van der Waals surface area contributed by atoms with E-state index in [0.29, 0.717) is 5.02 Å². The Kier molecular flexibility index (Phi) is 4.08. The molecule has 1 aromatic carbocycles. The highest BCUT2D eigenvalue weighted by Crippen LogP contribution is 2.52. The number of hydrogen-bond donors (Lipinski definition) is 0. The van der Waals surface area contributed by atoms with Crippen molar-refractivity contribution < 1.29 is 9.13 Å². The molecule has 0 bridgehead atoms. The minimum absolute atomic E-state index is 0.0515. The monoisotopic (exact) mass is 290 g/mol. The number of hydrogen-bond acceptors (Lipinski definition) is 1. The predicted octanol–water partition coefficient (Wildman–Crippen LogP) is 5.04. The van der Waals surface area contributed by atoms with Gasteiger partial charge in [-0.2, -0.15) is 0 Å². The van der Waals surface area contributed by atoms with Gasteiger partial charge in [-0.3, -0.25) is 0 Å². The summed E-state index contributed by atoms with van der Waals surface area (Å²) in [4.78, 5) is 0. The fourth-order valence-corrected chi connectivity index (χ4v) is 3.57. The van der Waals surface area contributed by atoms with E-state index in [1.54, 1.807) is 12.1 Å². The Labute approximate surface area is 117 Å². The second-order valence-electron chi connectivity index (χ2n) is 4.80. The van der Waals surface area contributed by atoms with Gasteiger partial charge in [0.25, 0.3) is 0 Å². The van der Waals surface area contributed by atoms with Gasteiger partial charge in [0.1, 0.15) is 6.10 Å². The lowest BCUT2D eigenvalue weighted by molar-refractivity contribution is -0.0479. The molecule has 0 aromatic heterocycles. The van der Waals surface area contributed by atoms with Crippen LogP contribution < -0.4 is 4.74 Å². The van der Waals surface area contributed by atoms with E-state index in [2.05, 4.69) is 13.8 Å². The minimum Gasteiger partial charge on any atom is -0.485 e. The van der Waals surface area contributed by atoms with Crippen LogP contribution in [0, 0.1) is 11.2 Å². The summed E-state index contributed by atoms with van der Waals surface area (Å²) in [5.74, 6) is -0.263. The van der Waals surface area contributed by atoms with Gasteiger partial charge in [-0.15, -0.1) is 11.6 Å². The van der Waals surface area contributed by atoms with Gasteiger partial charge in [0, 0.05) is 17.2 Å². The van der Waals surface area contributed by atoms with E-state index < -0.39 is 5.82 Å². The molecule has 2 rings (SSSR count). The van der Waals surface area contributed by atoms with E-state index in [1.165, 1.54) is 6.07 Å². The smallest absolute Gasteiger partial charge is 0.173 e. The standard InChI is InChI=1S/C14H17Cl2FO/c1-3-14(4-2)11(16)8-12(14)18-13-9(15)6-5-7-10(13)17/h5-7,11-12H,3-4,8H2,1-2H3. The molecule has 0 saturated heterocycles. The Morgan fingerprint density at radius 3 is 2.56 bits per heavy atom. The Morgan fingerprint density at radius 1 is 1.39 bits per heavy atom. The zero-order valence-electron chi connectivity index (χ0n) is 10.6. The SMILES string of the molecule is CCC1(CC)C(Cl)CC1Oc1c(F)cccc1Cl. The first-order valence-electron chi connectivity index (χ1n) is 6.30. The number of ether oxygens (including phenoxy) is 1. The zero-order valence-corrected chi connectivity index (χ0v) is 12.1. The van der Waals surface area contributed by atoms with Crippen molar-refractivity contribution in [3.05, 3.63) is 29.0 Å². The molecule has 4 heteroatoms. The summed E-state index contributed by atoms with van der Waals surface area (Å²) in [7, 11) is 0. The average molecular weight is 291 g/mol. The minimum atomic E-state index is -0.415. The number of rotatable bonds is 4. The summed E-state index contributed by atoms with van der Waals surface area (Å²) >= 11 is 12.3. The van der Waals surface area contributed by atoms with Gasteiger partial charge in [-0.1, -0.05) is 31.5 Å². The van der Waals surface area contributed by atoms with E-state index >= 15 is 0 Å². The van der Waals surface area contributed by atoms with E-state index in [4.69, 9.17) is 27.9 Å². The molecule has 1 nitrogen and oxygen atoms in total. The van der Waals surface area contributed by atoms with Crippen LogP contribution in [0.15, 0.2) is 18.2 Å². The average Bonchev–Trinajstić information content (AvgIpc) is 2.34. The van der Waals surface area contributed by atoms with Crippen LogP contribution in [0.4, 0.5) is 4.39 Å². The van der Waals surface area contributed by atoms with Crippen molar-refractivity contribution in [2.75, 3.05) is 0 Å². The van der Waals surface area contributed by atoms with Gasteiger partial charge in [0.05, 0.1) is 5.02 Å². The van der Waals surface area contributed by atoms with E-state index in [1.807, 2.05) is 0 Å². The zero-order chi connectivity index (χ0) is 13.3. The fourth-order valence-electron chi connectivity index (χ4n) is 2.75. The molecule has 0 N–H and O–H groups in total. The van der Waals surface area contributed by atoms with Crippen molar-refractivity contribution in [3.8, 4) is 5.75 Å². The maximum Gasteiger partial charge on any atom is 0.173 e. The van der Waals surface area contributed by atoms with Crippen molar-refractivity contribution in [2.45, 2.75) is 44.6 Å². The Bertz CT molecular complexity index is 412. The second kappa shape index (κ2) is 5.26. The van der Waals surface area contributed by atoms with Crippen LogP contribution in [-0.4, -0.2) is 11.5 Å². The fraction of sp³-hybridized carbons (Fsp3) is 0.571. The number of alkyl halides is 1. The van der Waals surface area contributed by atoms with Crippen LogP contribution >= 0.6 is 23.2 Å². The van der Waals surface area contributed by atoms with E-state index in [-0.39, 0.29) is 22.6 Å². The first-order chi connectivity index (χ1) is 8.55. The number of benzene rings is 1. The van der Waals surface area contributed by atoms with Crippen LogP contribution in [-0.2, 0) is 0 Å². The highest BCUT2D eigenvalue weighted by Gasteiger charge is 2.53. The quantitative estimate of drug-likeness (QED) is 0.706. The van der Waals surface area contributed by atoms with Gasteiger partial charge in [-0.05, 0) is 25.0 Å². The molecule has 0 spiro atoms. The first kappa shape index (κ1) is 14.0. The number of para-hydroxylation sites is 1. The van der Waals surface area contributed by atoms with Gasteiger partial charge < -0.3 is 4.74 Å². The molecule has 1 fully saturated rings. The lowest BCUT2D eigenvalue weighted by Crippen LogP contribution is -2.56. The molecule has 0 amide bonds. The van der Waals surface area contributed by atoms with Gasteiger partial charge >= 0.3 is 0 Å². The van der Waals surface area contributed by atoms with Gasteiger partial charge in [-0.25, -0.2) is 4.39 Å². The molecule has 1 saturated carbocycles. The maximum atomic E-state index is 13.7. The van der Waals surface area contributed by atoms with E-state index in [0.717, 1.165) is 19.3 Å². The molecule has 18 heavy (non-hydrogen) atoms. The highest BCUT2D eigenvalue weighted by molar-refractivity contribution is 6.32. The molecule has 1 aliphatic carbocycles. The largest absolute Gasteiger partial charge is 0.485 e. The van der Waals surface area contributed by atoms with Crippen molar-refractivity contribution >= 4 is 23.2 Å². The third kappa shape index (κ3) is 2.10. The third-order valence-electron chi connectivity index (χ3n) is 4.18. The highest BCUT2D eigenvalue weighted by atomic mass is 35.5. The van der Waals surface area contributed by atoms with Crippen LogP contribution in [0.1, 0.15) is 33.1 Å². The summed E-state index contributed by atoms with van der Waals surface area (Å²) in [6, 6.07) is 4.57. The molecule has 2 unspecified atom stereocenters. The van der Waals surface area contributed by atoms with Crippen LogP contribution in [0.2, 0.25) is 5.02 Å². The van der Waals surface area contributed by atoms with Crippen LogP contribution in [0.5, 0.6) is 5.75 Å². The lowest BCUT2D eigenvalue weighted by atomic mass is 9.62. The van der Waals surface area contributed by atoms with Crippen molar-refractivity contribution in [1.82, 2.24) is 0 Å². The summed E-state index contributed by atoms with van der Waals surface area (Å²) in [5.41, 5.74) is -0.0623. The normalized spacial score (nSPS) is 25.6. The van der Waals surface area contributed by atoms with E-state index in [9.17, 15) is 4.39 Å². The van der Waals surface area contributed by atoms with Crippen LogP contribution in [0.25, 0.3) is 0 Å². The lowest BCUT2D eigenvalue weighted by Gasteiger charge is -2.52. The summed E-state index contributed by atoms with van der Waals surface area (Å²) in [6.45, 7) is 4.19. The Balaban J connectivity index is 2.20. The Hall–Kier alpha value is -0.470. The molecular weight excluding hydrogens is 274 g/mol. The molecular formula is C14H17Cl2FO. The number of halogens is 3. The summed E-state index contributed by atoms with van der Waals surface area (Å²) in [6.07, 6.45) is 2.54. The molecule has 2 atom stereocenters. The summed E-state index contributed by atoms with van der Waals surface area (Å²) < 4.78 is 19.5. The maximum absolute atomic E-state index is 13.7. The Morgan fingerprint density at radius 2 is 2.06 bits per heavy atom. The van der Waals surface area contributed by atoms with Crippen LogP contribution in [0.3, 0.4) is 0 Å².